The van der Waals surface area contributed by atoms with Gasteiger partial charge in [-0.2, -0.15) is 9.40 Å². The number of hydrogen-bond donors (Lipinski definition) is 1. The summed E-state index contributed by atoms with van der Waals surface area (Å²) in [5, 5.41) is 7.45. The molecule has 6 nitrogen and oxygen atoms in total. The van der Waals surface area contributed by atoms with Crippen molar-refractivity contribution in [3.8, 4) is 0 Å². The van der Waals surface area contributed by atoms with Crippen LogP contribution in [0.1, 0.15) is 34.1 Å². The van der Waals surface area contributed by atoms with E-state index in [0.717, 1.165) is 13.0 Å². The fraction of sp³-hybridized carbons (Fsp3) is 0.786. The van der Waals surface area contributed by atoms with Gasteiger partial charge in [0.25, 0.3) is 0 Å². The van der Waals surface area contributed by atoms with Crippen LogP contribution in [-0.2, 0) is 16.6 Å². The van der Waals surface area contributed by atoms with E-state index < -0.39 is 10.0 Å². The molecule has 0 unspecified atom stereocenters. The van der Waals surface area contributed by atoms with Crippen molar-refractivity contribution in [2.24, 2.45) is 5.41 Å². The van der Waals surface area contributed by atoms with Crippen molar-refractivity contribution in [3.05, 3.63) is 12.4 Å². The molecule has 21 heavy (non-hydrogen) atoms. The van der Waals surface area contributed by atoms with Crippen LogP contribution in [0.25, 0.3) is 0 Å². The summed E-state index contributed by atoms with van der Waals surface area (Å²) in [6, 6.07) is 0.413. The molecular formula is C14H26N4O2S. The molecule has 0 amide bonds. The van der Waals surface area contributed by atoms with Crippen LogP contribution in [0.15, 0.2) is 17.3 Å². The largest absolute Gasteiger partial charge is 0.313 e. The number of rotatable bonds is 6. The van der Waals surface area contributed by atoms with Gasteiger partial charge in [0.15, 0.2) is 0 Å². The van der Waals surface area contributed by atoms with Crippen LogP contribution in [0.4, 0.5) is 0 Å². The Morgan fingerprint density at radius 1 is 1.43 bits per heavy atom. The maximum absolute atomic E-state index is 12.6. The first-order chi connectivity index (χ1) is 9.71. The zero-order valence-corrected chi connectivity index (χ0v) is 14.2. The van der Waals surface area contributed by atoms with E-state index in [1.54, 1.807) is 15.2 Å². The predicted molar refractivity (Wildman–Crippen MR) is 82.5 cm³/mol. The molecule has 0 aromatic carbocycles. The summed E-state index contributed by atoms with van der Waals surface area (Å²) in [5.41, 5.74) is 0.0598. The highest BCUT2D eigenvalue weighted by Crippen LogP contribution is 2.32. The molecular weight excluding hydrogens is 288 g/mol. The van der Waals surface area contributed by atoms with Gasteiger partial charge in [0.05, 0.1) is 12.7 Å². The van der Waals surface area contributed by atoms with Crippen LogP contribution < -0.4 is 5.32 Å². The van der Waals surface area contributed by atoms with Crippen molar-refractivity contribution in [2.75, 3.05) is 19.6 Å². The van der Waals surface area contributed by atoms with Gasteiger partial charge in [0.2, 0.25) is 10.0 Å². The summed E-state index contributed by atoms with van der Waals surface area (Å²) in [7, 11) is -3.40. The zero-order chi connectivity index (χ0) is 15.7. The van der Waals surface area contributed by atoms with E-state index in [9.17, 15) is 8.42 Å². The summed E-state index contributed by atoms with van der Waals surface area (Å²) in [4.78, 5) is 0.296. The summed E-state index contributed by atoms with van der Waals surface area (Å²) in [6.07, 6.45) is 3.98. The fourth-order valence-corrected chi connectivity index (χ4v) is 4.07. The van der Waals surface area contributed by atoms with E-state index in [-0.39, 0.29) is 5.41 Å². The lowest BCUT2D eigenvalue weighted by Gasteiger charge is -2.18. The maximum Gasteiger partial charge on any atom is 0.246 e. The molecule has 0 bridgehead atoms. The minimum atomic E-state index is -3.40. The fourth-order valence-electron chi connectivity index (χ4n) is 2.48. The molecule has 0 aliphatic carbocycles. The second-order valence-electron chi connectivity index (χ2n) is 6.80. The minimum absolute atomic E-state index is 0.0598. The molecule has 1 aromatic rings. The molecule has 1 saturated heterocycles. The third-order valence-electron chi connectivity index (χ3n) is 3.78. The molecule has 120 valence electrons. The van der Waals surface area contributed by atoms with Crippen molar-refractivity contribution < 1.29 is 8.42 Å². The highest BCUT2D eigenvalue weighted by molar-refractivity contribution is 7.89. The molecule has 1 N–H and O–H groups in total. The quantitative estimate of drug-likeness (QED) is 0.859. The topological polar surface area (TPSA) is 67.2 Å². The van der Waals surface area contributed by atoms with Gasteiger partial charge in [-0.1, -0.05) is 27.7 Å². The van der Waals surface area contributed by atoms with E-state index in [2.05, 4.69) is 38.1 Å². The van der Waals surface area contributed by atoms with Gasteiger partial charge in [-0.3, -0.25) is 4.68 Å². The second-order valence-corrected chi connectivity index (χ2v) is 8.74. The average molecular weight is 314 g/mol. The number of sulfonamides is 1. The number of nitrogens with zero attached hydrogens (tertiary/aromatic N) is 3. The van der Waals surface area contributed by atoms with Crippen LogP contribution in [0.2, 0.25) is 0 Å². The smallest absolute Gasteiger partial charge is 0.246 e. The predicted octanol–water partition coefficient (Wildman–Crippen LogP) is 1.30. The molecule has 0 spiro atoms. The lowest BCUT2D eigenvalue weighted by atomic mass is 9.93. The van der Waals surface area contributed by atoms with Crippen molar-refractivity contribution >= 4 is 10.0 Å². The first-order valence-corrected chi connectivity index (χ1v) is 8.91. The molecule has 2 rings (SSSR count). The molecule has 7 heteroatoms. The molecule has 1 aromatic heterocycles. The zero-order valence-electron chi connectivity index (χ0n) is 13.3. The third-order valence-corrected chi connectivity index (χ3v) is 5.58. The first kappa shape index (κ1) is 16.5. The summed E-state index contributed by atoms with van der Waals surface area (Å²) < 4.78 is 28.4. The van der Waals surface area contributed by atoms with Crippen molar-refractivity contribution in [1.82, 2.24) is 19.4 Å². The van der Waals surface area contributed by atoms with Gasteiger partial charge in [-0.05, 0) is 11.8 Å². The Balaban J connectivity index is 2.03. The van der Waals surface area contributed by atoms with Gasteiger partial charge in [0.1, 0.15) is 4.90 Å². The Hall–Kier alpha value is -0.920. The summed E-state index contributed by atoms with van der Waals surface area (Å²) in [5.74, 6) is 0. The van der Waals surface area contributed by atoms with E-state index in [4.69, 9.17) is 0 Å². The highest BCUT2D eigenvalue weighted by Gasteiger charge is 2.37. The summed E-state index contributed by atoms with van der Waals surface area (Å²) in [6.45, 7) is 11.0. The Morgan fingerprint density at radius 2 is 2.14 bits per heavy atom. The molecule has 1 aliphatic heterocycles. The normalized spacial score (nSPS) is 19.5. The van der Waals surface area contributed by atoms with Crippen LogP contribution in [0.3, 0.4) is 0 Å². The Kier molecular flexibility index (Phi) is 4.75. The third kappa shape index (κ3) is 4.05. The van der Waals surface area contributed by atoms with E-state index in [0.29, 0.717) is 30.6 Å². The van der Waals surface area contributed by atoms with E-state index in [1.165, 1.54) is 6.20 Å². The number of aromatic nitrogens is 2. The van der Waals surface area contributed by atoms with Gasteiger partial charge in [0, 0.05) is 31.9 Å². The molecule has 1 fully saturated rings. The Labute approximate surface area is 127 Å². The lowest BCUT2D eigenvalue weighted by Crippen LogP contribution is -2.30. The van der Waals surface area contributed by atoms with Crippen LogP contribution in [0.5, 0.6) is 0 Å². The van der Waals surface area contributed by atoms with Gasteiger partial charge >= 0.3 is 0 Å². The van der Waals surface area contributed by atoms with E-state index >= 15 is 0 Å². The van der Waals surface area contributed by atoms with Crippen molar-refractivity contribution in [3.63, 3.8) is 0 Å². The van der Waals surface area contributed by atoms with Gasteiger partial charge < -0.3 is 5.32 Å². The minimum Gasteiger partial charge on any atom is -0.313 e. The SMILES string of the molecule is CC(C)NCCn1cc(S(=O)(=O)N2CCC(C)(C)C2)cn1. The molecule has 0 atom stereocenters. The molecule has 1 aliphatic rings. The average Bonchev–Trinajstić information content (AvgIpc) is 2.96. The van der Waals surface area contributed by atoms with Crippen LogP contribution in [-0.4, -0.2) is 48.2 Å². The van der Waals surface area contributed by atoms with Gasteiger partial charge in [-0.15, -0.1) is 0 Å². The van der Waals surface area contributed by atoms with Crippen LogP contribution >= 0.6 is 0 Å². The molecule has 0 saturated carbocycles. The molecule has 0 radical (unpaired) electrons. The van der Waals surface area contributed by atoms with E-state index in [1.807, 2.05) is 0 Å². The highest BCUT2D eigenvalue weighted by atomic mass is 32.2. The number of hydrogen-bond acceptors (Lipinski definition) is 4. The summed E-state index contributed by atoms with van der Waals surface area (Å²) >= 11 is 0. The monoisotopic (exact) mass is 314 g/mol. The Morgan fingerprint density at radius 3 is 2.71 bits per heavy atom. The lowest BCUT2D eigenvalue weighted by molar-refractivity contribution is 0.375. The number of nitrogens with one attached hydrogen (secondary N) is 1. The van der Waals surface area contributed by atoms with Crippen LogP contribution in [0, 0.1) is 5.41 Å². The first-order valence-electron chi connectivity index (χ1n) is 7.47. The Bertz CT molecular complexity index is 578. The van der Waals surface area contributed by atoms with Crippen molar-refractivity contribution in [2.45, 2.75) is 51.6 Å². The van der Waals surface area contributed by atoms with Gasteiger partial charge in [-0.25, -0.2) is 8.42 Å². The van der Waals surface area contributed by atoms with Crippen molar-refractivity contribution in [1.29, 1.82) is 0 Å². The second kappa shape index (κ2) is 6.06. The standard InChI is InChI=1S/C14H26N4O2S/c1-12(2)15-6-8-17-10-13(9-16-17)21(19,20)18-7-5-14(3,4)11-18/h9-10,12,15H,5-8,11H2,1-4H3. The maximum atomic E-state index is 12.6. The molecule has 2 heterocycles.